The van der Waals surface area contributed by atoms with Crippen molar-refractivity contribution >= 4 is 17.9 Å². The summed E-state index contributed by atoms with van der Waals surface area (Å²) >= 11 is 0. The first kappa shape index (κ1) is 17.3. The van der Waals surface area contributed by atoms with Crippen molar-refractivity contribution in [2.75, 3.05) is 6.61 Å². The smallest absolute Gasteiger partial charge is 0.303 e. The quantitative estimate of drug-likeness (QED) is 0.545. The molecule has 8 nitrogen and oxygen atoms in total. The van der Waals surface area contributed by atoms with Crippen molar-refractivity contribution in [2.24, 2.45) is 0 Å². The van der Waals surface area contributed by atoms with Crippen LogP contribution in [0, 0.1) is 0 Å². The lowest BCUT2D eigenvalue weighted by Gasteiger charge is -2.39. The van der Waals surface area contributed by atoms with Crippen molar-refractivity contribution in [1.29, 1.82) is 0 Å². The second-order valence-electron chi connectivity index (χ2n) is 4.46. The van der Waals surface area contributed by atoms with Gasteiger partial charge in [-0.1, -0.05) is 0 Å². The number of rotatable bonds is 4. The predicted molar refractivity (Wildman–Crippen MR) is 63.5 cm³/mol. The zero-order chi connectivity index (χ0) is 16.2. The van der Waals surface area contributed by atoms with Crippen LogP contribution < -0.4 is 0 Å². The Balaban J connectivity index is 2.86. The van der Waals surface area contributed by atoms with Crippen LogP contribution in [0.15, 0.2) is 0 Å². The van der Waals surface area contributed by atoms with Gasteiger partial charge in [-0.3, -0.25) is 14.4 Å². The molecule has 0 aromatic carbocycles. The van der Waals surface area contributed by atoms with Gasteiger partial charge in [-0.2, -0.15) is 0 Å². The van der Waals surface area contributed by atoms with Gasteiger partial charge in [0.2, 0.25) is 0 Å². The molecule has 0 spiro atoms. The summed E-state index contributed by atoms with van der Waals surface area (Å²) in [6.45, 7) is 2.80. The van der Waals surface area contributed by atoms with Gasteiger partial charge in [0.15, 0.2) is 24.7 Å². The molecule has 21 heavy (non-hydrogen) atoms. The van der Waals surface area contributed by atoms with E-state index in [0.29, 0.717) is 0 Å². The summed E-state index contributed by atoms with van der Waals surface area (Å²) < 4.78 is 33.4. The van der Waals surface area contributed by atoms with E-state index >= 15 is 0 Å². The van der Waals surface area contributed by atoms with Crippen LogP contribution in [0.5, 0.6) is 0 Å². The van der Waals surface area contributed by atoms with Crippen molar-refractivity contribution in [1.82, 2.24) is 0 Å². The maximum Gasteiger partial charge on any atom is 0.303 e. The fourth-order valence-corrected chi connectivity index (χ4v) is 1.86. The number of halogens is 1. The van der Waals surface area contributed by atoms with Gasteiger partial charge in [-0.05, 0) is 0 Å². The molecule has 0 aromatic rings. The molecule has 9 heteroatoms. The molecule has 1 aliphatic heterocycles. The number of aliphatic hydroxyl groups is 1. The van der Waals surface area contributed by atoms with Crippen LogP contribution in [0.3, 0.4) is 0 Å². The first-order valence-electron chi connectivity index (χ1n) is 6.17. The van der Waals surface area contributed by atoms with Crippen molar-refractivity contribution in [3.05, 3.63) is 0 Å². The summed E-state index contributed by atoms with van der Waals surface area (Å²) in [4.78, 5) is 32.7. The molecule has 0 amide bonds. The SMILES string of the molecule is CC(=O)OC[C@H]1O[C@H](O)[C@H](OC(C)=O)[C@@H](F)[C@@H]1OC(C)=O. The molecule has 0 unspecified atom stereocenters. The number of carbonyl (C=O) groups excluding carboxylic acids is 3. The lowest BCUT2D eigenvalue weighted by molar-refractivity contribution is -0.283. The molecule has 0 aromatic heterocycles. The Kier molecular flexibility index (Phi) is 6.03. The van der Waals surface area contributed by atoms with Gasteiger partial charge in [-0.15, -0.1) is 0 Å². The maximum absolute atomic E-state index is 14.3. The van der Waals surface area contributed by atoms with E-state index in [9.17, 15) is 23.9 Å². The number of aliphatic hydroxyl groups excluding tert-OH is 1. The third-order valence-corrected chi connectivity index (χ3v) is 2.64. The van der Waals surface area contributed by atoms with Gasteiger partial charge < -0.3 is 24.1 Å². The lowest BCUT2D eigenvalue weighted by atomic mass is 10.00. The molecule has 0 radical (unpaired) electrons. The van der Waals surface area contributed by atoms with Crippen molar-refractivity contribution in [2.45, 2.75) is 51.5 Å². The van der Waals surface area contributed by atoms with E-state index < -0.39 is 55.3 Å². The van der Waals surface area contributed by atoms with E-state index in [1.54, 1.807) is 0 Å². The number of hydrogen-bond donors (Lipinski definition) is 1. The average molecular weight is 308 g/mol. The van der Waals surface area contributed by atoms with Crippen molar-refractivity contribution in [3.8, 4) is 0 Å². The Morgan fingerprint density at radius 3 is 2.05 bits per heavy atom. The zero-order valence-corrected chi connectivity index (χ0v) is 11.8. The van der Waals surface area contributed by atoms with Gasteiger partial charge in [0.05, 0.1) is 0 Å². The molecular weight excluding hydrogens is 291 g/mol. The Morgan fingerprint density at radius 1 is 1.05 bits per heavy atom. The largest absolute Gasteiger partial charge is 0.463 e. The third kappa shape index (κ3) is 4.94. The average Bonchev–Trinajstić information content (AvgIpc) is 2.35. The molecular formula is C12H17FO8. The second-order valence-corrected chi connectivity index (χ2v) is 4.46. The minimum Gasteiger partial charge on any atom is -0.463 e. The van der Waals surface area contributed by atoms with E-state index in [2.05, 4.69) is 9.47 Å². The molecule has 5 atom stereocenters. The summed E-state index contributed by atoms with van der Waals surface area (Å²) in [6, 6.07) is 0. The molecule has 1 saturated heterocycles. The van der Waals surface area contributed by atoms with Crippen LogP contribution in [0.1, 0.15) is 20.8 Å². The van der Waals surface area contributed by atoms with E-state index in [-0.39, 0.29) is 0 Å². The number of ether oxygens (including phenoxy) is 4. The molecule has 1 N–H and O–H groups in total. The number of esters is 3. The standard InChI is InChI=1S/C12H17FO8/c1-5(14)18-4-8-10(19-6(2)15)9(13)11(12(17)21-8)20-7(3)16/h8-12,17H,4H2,1-3H3/t8-,9+,10-,11-,12+/m1/s1. The van der Waals surface area contributed by atoms with Crippen LogP contribution in [-0.4, -0.2) is 60.4 Å². The highest BCUT2D eigenvalue weighted by Gasteiger charge is 2.50. The zero-order valence-electron chi connectivity index (χ0n) is 11.8. The maximum atomic E-state index is 14.3. The van der Waals surface area contributed by atoms with Gasteiger partial charge in [0.1, 0.15) is 12.7 Å². The van der Waals surface area contributed by atoms with Crippen LogP contribution in [0.2, 0.25) is 0 Å². The summed E-state index contributed by atoms with van der Waals surface area (Å²) in [5.74, 6) is -2.27. The molecule has 120 valence electrons. The Labute approximate surface area is 120 Å². The molecule has 1 heterocycles. The summed E-state index contributed by atoms with van der Waals surface area (Å²) in [5.41, 5.74) is 0. The van der Waals surface area contributed by atoms with Crippen molar-refractivity contribution in [3.63, 3.8) is 0 Å². The predicted octanol–water partition coefficient (Wildman–Crippen LogP) is -0.532. The third-order valence-electron chi connectivity index (χ3n) is 2.64. The van der Waals surface area contributed by atoms with E-state index in [0.717, 1.165) is 20.8 Å². The second kappa shape index (κ2) is 7.32. The Hall–Kier alpha value is -1.74. The normalized spacial score (nSPS) is 32.1. The fraction of sp³-hybridized carbons (Fsp3) is 0.750. The molecule has 1 aliphatic rings. The van der Waals surface area contributed by atoms with Crippen LogP contribution in [-0.2, 0) is 33.3 Å². The number of carbonyl (C=O) groups is 3. The van der Waals surface area contributed by atoms with Gasteiger partial charge >= 0.3 is 17.9 Å². The Morgan fingerprint density at radius 2 is 1.57 bits per heavy atom. The lowest BCUT2D eigenvalue weighted by Crippen LogP contribution is -2.59. The highest BCUT2D eigenvalue weighted by atomic mass is 19.1. The molecule has 1 fully saturated rings. The summed E-state index contributed by atoms with van der Waals surface area (Å²) in [7, 11) is 0. The fourth-order valence-electron chi connectivity index (χ4n) is 1.86. The van der Waals surface area contributed by atoms with Gasteiger partial charge in [0, 0.05) is 20.8 Å². The molecule has 0 saturated carbocycles. The minimum absolute atomic E-state index is 0.419. The molecule has 0 aliphatic carbocycles. The monoisotopic (exact) mass is 308 g/mol. The first-order chi connectivity index (χ1) is 9.72. The van der Waals surface area contributed by atoms with E-state index in [1.165, 1.54) is 0 Å². The molecule has 0 bridgehead atoms. The van der Waals surface area contributed by atoms with Gasteiger partial charge in [0.25, 0.3) is 0 Å². The van der Waals surface area contributed by atoms with Crippen LogP contribution in [0.25, 0.3) is 0 Å². The Bertz CT molecular complexity index is 410. The summed E-state index contributed by atoms with van der Waals surface area (Å²) in [6.07, 6.45) is -8.12. The number of hydrogen-bond acceptors (Lipinski definition) is 8. The first-order valence-corrected chi connectivity index (χ1v) is 6.17. The highest BCUT2D eigenvalue weighted by Crippen LogP contribution is 2.27. The highest BCUT2D eigenvalue weighted by molar-refractivity contribution is 5.67. The topological polar surface area (TPSA) is 108 Å². The van der Waals surface area contributed by atoms with E-state index in [1.807, 2.05) is 0 Å². The molecule has 1 rings (SSSR count). The minimum atomic E-state index is -2.03. The van der Waals surface area contributed by atoms with E-state index in [4.69, 9.17) is 9.47 Å². The van der Waals surface area contributed by atoms with Crippen LogP contribution >= 0.6 is 0 Å². The van der Waals surface area contributed by atoms with Crippen LogP contribution in [0.4, 0.5) is 4.39 Å². The van der Waals surface area contributed by atoms with Gasteiger partial charge in [-0.25, -0.2) is 4.39 Å². The van der Waals surface area contributed by atoms with Crippen molar-refractivity contribution < 1.29 is 42.8 Å². The number of alkyl halides is 1. The summed E-state index contributed by atoms with van der Waals surface area (Å²) in [5, 5.41) is 9.66.